The number of nitrogens with two attached hydrogens (primary N) is 1. The van der Waals surface area contributed by atoms with Crippen LogP contribution in [0.5, 0.6) is 0 Å². The van der Waals surface area contributed by atoms with Gasteiger partial charge in [0.1, 0.15) is 0 Å². The van der Waals surface area contributed by atoms with E-state index in [1.165, 1.54) is 15.4 Å². The average molecular weight is 315 g/mol. The van der Waals surface area contributed by atoms with Gasteiger partial charge < -0.3 is 5.73 Å². The summed E-state index contributed by atoms with van der Waals surface area (Å²) in [5.41, 5.74) is 7.74. The second-order valence-corrected chi connectivity index (χ2v) is 7.89. The lowest BCUT2D eigenvalue weighted by Gasteiger charge is -2.15. The molecule has 0 saturated carbocycles. The van der Waals surface area contributed by atoms with Gasteiger partial charge in [-0.25, -0.2) is 4.98 Å². The Bertz CT molecular complexity index is 593. The summed E-state index contributed by atoms with van der Waals surface area (Å²) in [5, 5.41) is 1.26. The van der Waals surface area contributed by atoms with Crippen LogP contribution < -0.4 is 5.73 Å². The first-order chi connectivity index (χ1) is 10.6. The van der Waals surface area contributed by atoms with Gasteiger partial charge in [0.25, 0.3) is 0 Å². The maximum atomic E-state index is 6.37. The Morgan fingerprint density at radius 1 is 1.27 bits per heavy atom. The first-order valence-electron chi connectivity index (χ1n) is 8.08. The van der Waals surface area contributed by atoms with E-state index in [0.29, 0.717) is 11.8 Å². The van der Waals surface area contributed by atoms with Crippen molar-refractivity contribution in [3.05, 3.63) is 52.0 Å². The topological polar surface area (TPSA) is 42.2 Å². The number of thiazole rings is 1. The summed E-state index contributed by atoms with van der Waals surface area (Å²) in [6, 6.07) is 10.9. The van der Waals surface area contributed by atoms with E-state index in [4.69, 9.17) is 5.73 Å². The van der Waals surface area contributed by atoms with Crippen LogP contribution in [-0.4, -0.2) is 29.0 Å². The number of likely N-dealkylation sites (tertiary alicyclic amines) is 1. The molecule has 3 rings (SSSR count). The molecule has 0 amide bonds. The second kappa shape index (κ2) is 6.90. The van der Waals surface area contributed by atoms with Crippen LogP contribution in [0.2, 0.25) is 0 Å². The maximum Gasteiger partial charge on any atom is 0.0930 e. The van der Waals surface area contributed by atoms with Crippen LogP contribution in [0.15, 0.2) is 36.5 Å². The van der Waals surface area contributed by atoms with Crippen molar-refractivity contribution in [1.29, 1.82) is 0 Å². The number of nitrogens with zero attached hydrogens (tertiary/aromatic N) is 2. The van der Waals surface area contributed by atoms with E-state index < -0.39 is 0 Å². The minimum absolute atomic E-state index is 0.227. The lowest BCUT2D eigenvalue weighted by atomic mass is 9.95. The molecular weight excluding hydrogens is 290 g/mol. The molecule has 0 aliphatic carbocycles. The fraction of sp³-hybridized carbons (Fsp3) is 0.500. The maximum absolute atomic E-state index is 6.37. The Morgan fingerprint density at radius 2 is 2.05 bits per heavy atom. The predicted molar refractivity (Wildman–Crippen MR) is 93.1 cm³/mol. The lowest BCUT2D eigenvalue weighted by molar-refractivity contribution is 0.326. The molecule has 2 aromatic rings. The van der Waals surface area contributed by atoms with Gasteiger partial charge in [0.05, 0.1) is 5.01 Å². The van der Waals surface area contributed by atoms with Crippen molar-refractivity contribution in [3.8, 4) is 0 Å². The molecule has 1 aliphatic heterocycles. The Kier molecular flexibility index (Phi) is 4.91. The highest BCUT2D eigenvalue weighted by molar-refractivity contribution is 7.11. The van der Waals surface area contributed by atoms with Gasteiger partial charge in [0, 0.05) is 49.1 Å². The minimum Gasteiger partial charge on any atom is -0.326 e. The van der Waals surface area contributed by atoms with E-state index in [1.807, 2.05) is 17.5 Å². The number of hydrogen-bond acceptors (Lipinski definition) is 4. The molecule has 2 heterocycles. The molecular formula is C18H25N3S. The van der Waals surface area contributed by atoms with Crippen molar-refractivity contribution >= 4 is 11.3 Å². The standard InChI is InChI=1S/C18H25N3S/c1-13(2)8-18-20-9-15(22-18)10-21-11-16(17(19)12-21)14-6-4-3-5-7-14/h3-7,9,13,16-17H,8,10-12,19H2,1-2H3/t16-,17+/m0/s1. The molecule has 2 N–H and O–H groups in total. The molecule has 118 valence electrons. The fourth-order valence-corrected chi connectivity index (χ4v) is 4.36. The van der Waals surface area contributed by atoms with Crippen molar-refractivity contribution in [2.45, 2.75) is 38.8 Å². The van der Waals surface area contributed by atoms with E-state index in [2.05, 4.69) is 54.1 Å². The third kappa shape index (κ3) is 3.75. The summed E-state index contributed by atoms with van der Waals surface area (Å²) in [4.78, 5) is 8.38. The molecule has 2 atom stereocenters. The predicted octanol–water partition coefficient (Wildman–Crippen LogP) is 3.27. The average Bonchev–Trinajstić information content (AvgIpc) is 3.06. The van der Waals surface area contributed by atoms with Crippen molar-refractivity contribution in [1.82, 2.24) is 9.88 Å². The van der Waals surface area contributed by atoms with Crippen molar-refractivity contribution in [2.75, 3.05) is 13.1 Å². The molecule has 1 aromatic heterocycles. The summed E-state index contributed by atoms with van der Waals surface area (Å²) in [5.74, 6) is 1.12. The van der Waals surface area contributed by atoms with Gasteiger partial charge in [0.15, 0.2) is 0 Å². The first-order valence-corrected chi connectivity index (χ1v) is 8.90. The SMILES string of the molecule is CC(C)Cc1ncc(CN2C[C@@H](N)[C@H](c3ccccc3)C2)s1. The van der Waals surface area contributed by atoms with E-state index in [1.54, 1.807) is 0 Å². The number of rotatable bonds is 5. The molecule has 3 nitrogen and oxygen atoms in total. The van der Waals surface area contributed by atoms with Crippen LogP contribution in [0.1, 0.15) is 35.2 Å². The Hall–Kier alpha value is -1.23. The number of benzene rings is 1. The Balaban J connectivity index is 1.61. The van der Waals surface area contributed by atoms with Crippen LogP contribution in [0.25, 0.3) is 0 Å². The van der Waals surface area contributed by atoms with Gasteiger partial charge in [-0.05, 0) is 11.5 Å². The largest absolute Gasteiger partial charge is 0.326 e. The van der Waals surface area contributed by atoms with Gasteiger partial charge in [0.2, 0.25) is 0 Å². The van der Waals surface area contributed by atoms with E-state index in [9.17, 15) is 0 Å². The highest BCUT2D eigenvalue weighted by Crippen LogP contribution is 2.28. The first kappa shape index (κ1) is 15.7. The van der Waals surface area contributed by atoms with Crippen LogP contribution in [0.3, 0.4) is 0 Å². The van der Waals surface area contributed by atoms with Gasteiger partial charge in [-0.1, -0.05) is 44.2 Å². The van der Waals surface area contributed by atoms with E-state index >= 15 is 0 Å². The third-order valence-electron chi connectivity index (χ3n) is 4.23. The minimum atomic E-state index is 0.227. The van der Waals surface area contributed by atoms with Crippen LogP contribution in [-0.2, 0) is 13.0 Å². The zero-order valence-corrected chi connectivity index (χ0v) is 14.2. The molecule has 22 heavy (non-hydrogen) atoms. The van der Waals surface area contributed by atoms with Gasteiger partial charge >= 0.3 is 0 Å². The summed E-state index contributed by atoms with van der Waals surface area (Å²) >= 11 is 1.85. The van der Waals surface area contributed by atoms with Crippen LogP contribution in [0, 0.1) is 5.92 Å². The molecule has 4 heteroatoms. The van der Waals surface area contributed by atoms with Crippen LogP contribution >= 0.6 is 11.3 Å². The molecule has 0 spiro atoms. The highest BCUT2D eigenvalue weighted by Gasteiger charge is 2.31. The lowest BCUT2D eigenvalue weighted by Crippen LogP contribution is -2.28. The van der Waals surface area contributed by atoms with Crippen molar-refractivity contribution in [3.63, 3.8) is 0 Å². The molecule has 1 saturated heterocycles. The number of hydrogen-bond donors (Lipinski definition) is 1. The Morgan fingerprint density at radius 3 is 2.77 bits per heavy atom. The summed E-state index contributed by atoms with van der Waals surface area (Å²) < 4.78 is 0. The van der Waals surface area contributed by atoms with Crippen molar-refractivity contribution in [2.24, 2.45) is 11.7 Å². The second-order valence-electron chi connectivity index (χ2n) is 6.69. The zero-order valence-electron chi connectivity index (χ0n) is 13.4. The quantitative estimate of drug-likeness (QED) is 0.921. The third-order valence-corrected chi connectivity index (χ3v) is 5.24. The van der Waals surface area contributed by atoms with E-state index in [0.717, 1.165) is 26.1 Å². The zero-order chi connectivity index (χ0) is 15.5. The van der Waals surface area contributed by atoms with E-state index in [-0.39, 0.29) is 6.04 Å². The molecule has 1 aromatic carbocycles. The summed E-state index contributed by atoms with van der Waals surface area (Å²) in [6.07, 6.45) is 3.13. The molecule has 0 radical (unpaired) electrons. The fourth-order valence-electron chi connectivity index (χ4n) is 3.18. The molecule has 1 aliphatic rings. The normalized spacial score (nSPS) is 22.5. The molecule has 0 unspecified atom stereocenters. The van der Waals surface area contributed by atoms with Crippen molar-refractivity contribution < 1.29 is 0 Å². The van der Waals surface area contributed by atoms with Gasteiger partial charge in [-0.2, -0.15) is 0 Å². The van der Waals surface area contributed by atoms with Gasteiger partial charge in [-0.3, -0.25) is 4.90 Å². The monoisotopic (exact) mass is 315 g/mol. The molecule has 0 bridgehead atoms. The Labute approximate surface area is 137 Å². The summed E-state index contributed by atoms with van der Waals surface area (Å²) in [6.45, 7) is 7.47. The van der Waals surface area contributed by atoms with Gasteiger partial charge in [-0.15, -0.1) is 11.3 Å². The summed E-state index contributed by atoms with van der Waals surface area (Å²) in [7, 11) is 0. The molecule has 1 fully saturated rings. The highest BCUT2D eigenvalue weighted by atomic mass is 32.1. The van der Waals surface area contributed by atoms with Crippen LogP contribution in [0.4, 0.5) is 0 Å². The smallest absolute Gasteiger partial charge is 0.0930 e. The number of aromatic nitrogens is 1.